The van der Waals surface area contributed by atoms with E-state index in [0.29, 0.717) is 27.6 Å². The average molecular weight is 341 g/mol. The minimum absolute atomic E-state index is 0.285. The van der Waals surface area contributed by atoms with Gasteiger partial charge in [-0.3, -0.25) is 0 Å². The standard InChI is InChI=1S/C13H14BrFN4O/c1-16-11-6-12(19-13(18-11)7-20-2)17-10-4-3-8(14)5-9(10)15/h3-6H,7H2,1-2H3,(H2,16,17,18,19). The number of ether oxygens (including phenoxy) is 1. The SMILES string of the molecule is CNc1cc(Nc2ccc(Br)cc2F)nc(COC)n1. The number of anilines is 3. The molecule has 0 saturated heterocycles. The van der Waals surface area contributed by atoms with Crippen LogP contribution in [0.2, 0.25) is 0 Å². The van der Waals surface area contributed by atoms with Crippen LogP contribution in [-0.2, 0) is 11.3 Å². The van der Waals surface area contributed by atoms with Crippen molar-refractivity contribution >= 4 is 33.3 Å². The molecule has 0 aliphatic carbocycles. The number of rotatable bonds is 5. The van der Waals surface area contributed by atoms with Crippen LogP contribution in [0.25, 0.3) is 0 Å². The summed E-state index contributed by atoms with van der Waals surface area (Å²) in [4.78, 5) is 8.50. The molecule has 0 spiro atoms. The van der Waals surface area contributed by atoms with Crippen molar-refractivity contribution in [2.45, 2.75) is 6.61 Å². The summed E-state index contributed by atoms with van der Waals surface area (Å²) in [5.74, 6) is 1.28. The first-order valence-corrected chi connectivity index (χ1v) is 6.68. The quantitative estimate of drug-likeness (QED) is 0.874. The maximum absolute atomic E-state index is 13.8. The summed E-state index contributed by atoms with van der Waals surface area (Å²) >= 11 is 3.22. The number of nitrogens with one attached hydrogen (secondary N) is 2. The van der Waals surface area contributed by atoms with E-state index in [4.69, 9.17) is 4.74 Å². The molecule has 1 heterocycles. The topological polar surface area (TPSA) is 59.1 Å². The second-order valence-corrected chi connectivity index (χ2v) is 4.90. The third-order valence-corrected chi connectivity index (χ3v) is 2.99. The smallest absolute Gasteiger partial charge is 0.158 e. The van der Waals surface area contributed by atoms with Crippen molar-refractivity contribution in [3.63, 3.8) is 0 Å². The predicted octanol–water partition coefficient (Wildman–Crippen LogP) is 3.31. The molecule has 0 radical (unpaired) electrons. The summed E-state index contributed by atoms with van der Waals surface area (Å²) in [6.07, 6.45) is 0. The summed E-state index contributed by atoms with van der Waals surface area (Å²) < 4.78 is 19.5. The van der Waals surface area contributed by atoms with Gasteiger partial charge in [0.2, 0.25) is 0 Å². The first kappa shape index (κ1) is 14.7. The van der Waals surface area contributed by atoms with Crippen molar-refractivity contribution in [1.82, 2.24) is 9.97 Å². The fourth-order valence-corrected chi connectivity index (χ4v) is 1.94. The van der Waals surface area contributed by atoms with E-state index < -0.39 is 0 Å². The molecule has 7 heteroatoms. The zero-order chi connectivity index (χ0) is 14.5. The molecule has 0 aliphatic heterocycles. The molecule has 0 saturated carbocycles. The van der Waals surface area contributed by atoms with Gasteiger partial charge < -0.3 is 15.4 Å². The van der Waals surface area contributed by atoms with Crippen molar-refractivity contribution in [2.24, 2.45) is 0 Å². The zero-order valence-electron chi connectivity index (χ0n) is 11.1. The molecule has 5 nitrogen and oxygen atoms in total. The summed E-state index contributed by atoms with van der Waals surface area (Å²) in [5, 5.41) is 5.86. The van der Waals surface area contributed by atoms with Crippen LogP contribution in [0.1, 0.15) is 5.82 Å². The average Bonchev–Trinajstić information content (AvgIpc) is 2.42. The number of hydrogen-bond donors (Lipinski definition) is 2. The van der Waals surface area contributed by atoms with Crippen molar-refractivity contribution in [2.75, 3.05) is 24.8 Å². The highest BCUT2D eigenvalue weighted by Gasteiger charge is 2.07. The van der Waals surface area contributed by atoms with Gasteiger partial charge in [-0.25, -0.2) is 14.4 Å². The molecule has 20 heavy (non-hydrogen) atoms. The highest BCUT2D eigenvalue weighted by molar-refractivity contribution is 9.10. The van der Waals surface area contributed by atoms with Gasteiger partial charge in [0.1, 0.15) is 24.1 Å². The van der Waals surface area contributed by atoms with Crippen LogP contribution >= 0.6 is 15.9 Å². The Morgan fingerprint density at radius 3 is 2.65 bits per heavy atom. The maximum atomic E-state index is 13.8. The molecule has 0 amide bonds. The highest BCUT2D eigenvalue weighted by Crippen LogP contribution is 2.23. The fourth-order valence-electron chi connectivity index (χ4n) is 1.61. The lowest BCUT2D eigenvalue weighted by Gasteiger charge is -2.10. The Morgan fingerprint density at radius 2 is 2.00 bits per heavy atom. The van der Waals surface area contributed by atoms with E-state index in [9.17, 15) is 4.39 Å². The Morgan fingerprint density at radius 1 is 1.25 bits per heavy atom. The lowest BCUT2D eigenvalue weighted by Crippen LogP contribution is -2.05. The molecule has 2 N–H and O–H groups in total. The minimum Gasteiger partial charge on any atom is -0.377 e. The number of nitrogens with zero attached hydrogens (tertiary/aromatic N) is 2. The van der Waals surface area contributed by atoms with Gasteiger partial charge in [0.15, 0.2) is 5.82 Å². The van der Waals surface area contributed by atoms with Crippen LogP contribution < -0.4 is 10.6 Å². The summed E-state index contributed by atoms with van der Waals surface area (Å²) in [7, 11) is 3.32. The number of benzene rings is 1. The van der Waals surface area contributed by atoms with E-state index in [1.54, 1.807) is 32.4 Å². The number of aromatic nitrogens is 2. The van der Waals surface area contributed by atoms with E-state index in [0.717, 1.165) is 0 Å². The van der Waals surface area contributed by atoms with Gasteiger partial charge in [-0.15, -0.1) is 0 Å². The molecule has 0 unspecified atom stereocenters. The third-order valence-electron chi connectivity index (χ3n) is 2.50. The van der Waals surface area contributed by atoms with Gasteiger partial charge in [0.05, 0.1) is 5.69 Å². The molecular weight excluding hydrogens is 327 g/mol. The number of halogens is 2. The van der Waals surface area contributed by atoms with Gasteiger partial charge in [-0.05, 0) is 18.2 Å². The first-order chi connectivity index (χ1) is 9.62. The van der Waals surface area contributed by atoms with Crippen LogP contribution in [0.4, 0.5) is 21.7 Å². The van der Waals surface area contributed by atoms with Crippen molar-refractivity contribution < 1.29 is 9.13 Å². The summed E-state index contributed by atoms with van der Waals surface area (Å²) in [5.41, 5.74) is 0.345. The van der Waals surface area contributed by atoms with Gasteiger partial charge in [0, 0.05) is 24.7 Å². The molecule has 0 aliphatic rings. The third kappa shape index (κ3) is 3.64. The molecule has 2 rings (SSSR count). The van der Waals surface area contributed by atoms with Gasteiger partial charge in [-0.2, -0.15) is 0 Å². The maximum Gasteiger partial charge on any atom is 0.158 e. The van der Waals surface area contributed by atoms with Crippen molar-refractivity contribution in [3.8, 4) is 0 Å². The minimum atomic E-state index is -0.364. The first-order valence-electron chi connectivity index (χ1n) is 5.89. The van der Waals surface area contributed by atoms with Gasteiger partial charge in [-0.1, -0.05) is 15.9 Å². The van der Waals surface area contributed by atoms with Crippen LogP contribution in [0.3, 0.4) is 0 Å². The van der Waals surface area contributed by atoms with E-state index in [2.05, 4.69) is 36.5 Å². The molecule has 1 aromatic heterocycles. The molecule has 0 atom stereocenters. The summed E-state index contributed by atoms with van der Waals surface area (Å²) in [6, 6.07) is 6.47. The number of hydrogen-bond acceptors (Lipinski definition) is 5. The van der Waals surface area contributed by atoms with Crippen LogP contribution in [0.15, 0.2) is 28.7 Å². The van der Waals surface area contributed by atoms with Crippen molar-refractivity contribution in [3.05, 3.63) is 40.4 Å². The highest BCUT2D eigenvalue weighted by atomic mass is 79.9. The normalized spacial score (nSPS) is 10.4. The van der Waals surface area contributed by atoms with Crippen LogP contribution in [0, 0.1) is 5.82 Å². The Kier molecular flexibility index (Phi) is 4.86. The lowest BCUT2D eigenvalue weighted by atomic mass is 10.3. The lowest BCUT2D eigenvalue weighted by molar-refractivity contribution is 0.178. The van der Waals surface area contributed by atoms with Gasteiger partial charge in [0.25, 0.3) is 0 Å². The molecule has 1 aromatic carbocycles. The molecule has 106 valence electrons. The number of methoxy groups -OCH3 is 1. The second kappa shape index (κ2) is 6.62. The Balaban J connectivity index is 2.29. The summed E-state index contributed by atoms with van der Waals surface area (Å²) in [6.45, 7) is 0.285. The van der Waals surface area contributed by atoms with E-state index in [-0.39, 0.29) is 12.4 Å². The van der Waals surface area contributed by atoms with E-state index in [1.165, 1.54) is 6.07 Å². The second-order valence-electron chi connectivity index (χ2n) is 3.99. The monoisotopic (exact) mass is 340 g/mol. The van der Waals surface area contributed by atoms with Crippen LogP contribution in [0.5, 0.6) is 0 Å². The largest absolute Gasteiger partial charge is 0.377 e. The Bertz CT molecular complexity index is 609. The Labute approximate surface area is 124 Å². The van der Waals surface area contributed by atoms with Gasteiger partial charge >= 0.3 is 0 Å². The molecular formula is C13H14BrFN4O. The van der Waals surface area contributed by atoms with Crippen LogP contribution in [-0.4, -0.2) is 24.1 Å². The molecule has 2 aromatic rings. The predicted molar refractivity (Wildman–Crippen MR) is 79.7 cm³/mol. The van der Waals surface area contributed by atoms with E-state index >= 15 is 0 Å². The Hall–Kier alpha value is -1.73. The zero-order valence-corrected chi connectivity index (χ0v) is 12.7. The van der Waals surface area contributed by atoms with E-state index in [1.807, 2.05) is 0 Å². The van der Waals surface area contributed by atoms with Crippen molar-refractivity contribution in [1.29, 1.82) is 0 Å². The molecule has 0 bridgehead atoms. The fraction of sp³-hybridized carbons (Fsp3) is 0.231. The molecule has 0 fully saturated rings.